The number of ether oxygens (including phenoxy) is 3. The van der Waals surface area contributed by atoms with Crippen molar-refractivity contribution in [2.45, 2.75) is 69.4 Å². The molecule has 1 unspecified atom stereocenters. The molecule has 0 N–H and O–H groups in total. The van der Waals surface area contributed by atoms with Gasteiger partial charge in [0.25, 0.3) is 8.32 Å². The molecule has 1 saturated carbocycles. The molecule has 0 radical (unpaired) electrons. The lowest BCUT2D eigenvalue weighted by atomic mass is 10.2. The molecular formula is C24H28O5Si. The highest BCUT2D eigenvalue weighted by molar-refractivity contribution is 6.99. The van der Waals surface area contributed by atoms with Gasteiger partial charge in [-0.05, 0) is 29.3 Å². The van der Waals surface area contributed by atoms with Crippen molar-refractivity contribution in [1.82, 2.24) is 0 Å². The monoisotopic (exact) mass is 424 g/mol. The summed E-state index contributed by atoms with van der Waals surface area (Å²) in [4.78, 5) is 12.4. The molecule has 0 aromatic heterocycles. The van der Waals surface area contributed by atoms with Crippen molar-refractivity contribution in [1.29, 1.82) is 0 Å². The van der Waals surface area contributed by atoms with Gasteiger partial charge in [0.1, 0.15) is 6.10 Å². The summed E-state index contributed by atoms with van der Waals surface area (Å²) in [6.07, 6.45) is -1.52. The van der Waals surface area contributed by atoms with Crippen LogP contribution in [0, 0.1) is 0 Å². The lowest BCUT2D eigenvalue weighted by Crippen LogP contribution is -2.67. The summed E-state index contributed by atoms with van der Waals surface area (Å²) >= 11 is 0. The van der Waals surface area contributed by atoms with Crippen LogP contribution >= 0.6 is 0 Å². The van der Waals surface area contributed by atoms with Gasteiger partial charge in [0.2, 0.25) is 0 Å². The van der Waals surface area contributed by atoms with Crippen LogP contribution in [0.5, 0.6) is 0 Å². The third-order valence-corrected chi connectivity index (χ3v) is 11.5. The minimum Gasteiger partial charge on any atom is -0.454 e. The molecule has 5 rings (SSSR count). The summed E-state index contributed by atoms with van der Waals surface area (Å²) in [5, 5.41) is 2.20. The molecule has 1 spiro atoms. The SMILES string of the molecule is CC1(C)O[C@H]2C(=O)O[C@@H]3C(O[Si](c4ccccc4)(c4ccccc4)C(C)(C)C)[C@@]32O1. The van der Waals surface area contributed by atoms with E-state index in [0.717, 1.165) is 0 Å². The fraction of sp³-hybridized carbons (Fsp3) is 0.458. The van der Waals surface area contributed by atoms with Crippen LogP contribution in [0.3, 0.4) is 0 Å². The van der Waals surface area contributed by atoms with Gasteiger partial charge in [-0.2, -0.15) is 0 Å². The predicted octanol–water partition coefficient (Wildman–Crippen LogP) is 2.76. The zero-order valence-electron chi connectivity index (χ0n) is 18.0. The van der Waals surface area contributed by atoms with Crippen LogP contribution in [0.2, 0.25) is 5.04 Å². The molecule has 6 heteroatoms. The minimum absolute atomic E-state index is 0.169. The Hall–Kier alpha value is -1.99. The largest absolute Gasteiger partial charge is 0.454 e. The quantitative estimate of drug-likeness (QED) is 0.558. The second-order valence-corrected chi connectivity index (χ2v) is 14.2. The summed E-state index contributed by atoms with van der Waals surface area (Å²) in [5.41, 5.74) is -0.854. The normalized spacial score (nSPS) is 31.8. The van der Waals surface area contributed by atoms with Crippen molar-refractivity contribution in [2.24, 2.45) is 0 Å². The zero-order chi connectivity index (χ0) is 21.4. The van der Waals surface area contributed by atoms with E-state index in [0.29, 0.717) is 0 Å². The van der Waals surface area contributed by atoms with Crippen molar-refractivity contribution < 1.29 is 23.4 Å². The topological polar surface area (TPSA) is 54.0 Å². The van der Waals surface area contributed by atoms with Crippen LogP contribution < -0.4 is 10.4 Å². The Labute approximate surface area is 178 Å². The van der Waals surface area contributed by atoms with E-state index >= 15 is 0 Å². The van der Waals surface area contributed by atoms with E-state index in [1.807, 2.05) is 26.0 Å². The molecule has 2 aliphatic heterocycles. The van der Waals surface area contributed by atoms with Crippen LogP contribution in [-0.2, 0) is 23.4 Å². The summed E-state index contributed by atoms with van der Waals surface area (Å²) < 4.78 is 25.0. The van der Waals surface area contributed by atoms with Crippen molar-refractivity contribution in [3.8, 4) is 0 Å². The first-order valence-corrected chi connectivity index (χ1v) is 12.4. The molecule has 2 saturated heterocycles. The fourth-order valence-corrected chi connectivity index (χ4v) is 9.93. The van der Waals surface area contributed by atoms with Gasteiger partial charge in [0.15, 0.2) is 23.6 Å². The molecule has 2 aromatic carbocycles. The summed E-state index contributed by atoms with van der Waals surface area (Å²) in [6, 6.07) is 20.9. The maximum atomic E-state index is 12.4. The highest BCUT2D eigenvalue weighted by Gasteiger charge is 2.86. The molecular weight excluding hydrogens is 396 g/mol. The van der Waals surface area contributed by atoms with Crippen LogP contribution in [0.1, 0.15) is 34.6 Å². The Kier molecular flexibility index (Phi) is 4.16. The number of carbonyl (C=O) groups is 1. The maximum absolute atomic E-state index is 12.4. The van der Waals surface area contributed by atoms with Crippen LogP contribution in [0.25, 0.3) is 0 Å². The van der Waals surface area contributed by atoms with Crippen molar-refractivity contribution in [3.63, 3.8) is 0 Å². The van der Waals surface area contributed by atoms with Crippen LogP contribution in [0.4, 0.5) is 0 Å². The fourth-order valence-electron chi connectivity index (χ4n) is 5.23. The van der Waals surface area contributed by atoms with Crippen LogP contribution in [-0.4, -0.2) is 44.0 Å². The van der Waals surface area contributed by atoms with Crippen molar-refractivity contribution >= 4 is 24.7 Å². The molecule has 4 atom stereocenters. The first-order valence-electron chi connectivity index (χ1n) is 10.5. The molecule has 3 aliphatic rings. The number of hydrogen-bond donors (Lipinski definition) is 0. The summed E-state index contributed by atoms with van der Waals surface area (Å²) in [5.74, 6) is -1.20. The van der Waals surface area contributed by atoms with E-state index in [4.69, 9.17) is 18.6 Å². The second kappa shape index (κ2) is 6.26. The smallest absolute Gasteiger partial charge is 0.339 e. The Bertz CT molecular complexity index is 929. The molecule has 0 amide bonds. The number of esters is 1. The van der Waals surface area contributed by atoms with E-state index in [9.17, 15) is 4.79 Å². The molecule has 2 heterocycles. The third kappa shape index (κ3) is 2.61. The standard InChI is InChI=1S/C24H28O5Si/c1-22(2,3)30(16-12-8-6-9-13-16,17-14-10-7-11-15-17)28-19-18-24(19)20(21(25)26-18)27-23(4,5)29-24/h6-15,18-20H,1-5H3/t18-,19?,20+,24+/m1/s1. The molecule has 0 bridgehead atoms. The molecule has 3 fully saturated rings. The van der Waals surface area contributed by atoms with Gasteiger partial charge in [-0.3, -0.25) is 0 Å². The first-order chi connectivity index (χ1) is 14.1. The first kappa shape index (κ1) is 19.9. The van der Waals surface area contributed by atoms with Gasteiger partial charge in [-0.15, -0.1) is 0 Å². The van der Waals surface area contributed by atoms with Gasteiger partial charge in [0.05, 0.1) is 0 Å². The summed E-state index contributed by atoms with van der Waals surface area (Å²) in [7, 11) is -2.78. The molecule has 1 aliphatic carbocycles. The minimum atomic E-state index is -2.78. The Balaban J connectivity index is 1.62. The highest BCUT2D eigenvalue weighted by atomic mass is 28.4. The van der Waals surface area contributed by atoms with E-state index in [1.165, 1.54) is 10.4 Å². The highest BCUT2D eigenvalue weighted by Crippen LogP contribution is 2.61. The van der Waals surface area contributed by atoms with Crippen molar-refractivity contribution in [2.75, 3.05) is 0 Å². The van der Waals surface area contributed by atoms with Gasteiger partial charge in [0, 0.05) is 0 Å². The van der Waals surface area contributed by atoms with Crippen molar-refractivity contribution in [3.05, 3.63) is 60.7 Å². The molecule has 30 heavy (non-hydrogen) atoms. The van der Waals surface area contributed by atoms with Gasteiger partial charge >= 0.3 is 5.97 Å². The van der Waals surface area contributed by atoms with E-state index in [1.54, 1.807) is 0 Å². The number of hydrogen-bond acceptors (Lipinski definition) is 5. The Morgan fingerprint density at radius 3 is 1.97 bits per heavy atom. The maximum Gasteiger partial charge on any atom is 0.339 e. The van der Waals surface area contributed by atoms with Gasteiger partial charge < -0.3 is 18.6 Å². The number of rotatable bonds is 4. The Morgan fingerprint density at radius 2 is 1.47 bits per heavy atom. The predicted molar refractivity (Wildman–Crippen MR) is 115 cm³/mol. The average Bonchev–Trinajstić information content (AvgIpc) is 2.98. The molecule has 158 valence electrons. The van der Waals surface area contributed by atoms with E-state index in [2.05, 4.69) is 69.3 Å². The zero-order valence-corrected chi connectivity index (χ0v) is 19.0. The lowest BCUT2D eigenvalue weighted by Gasteiger charge is -2.43. The lowest BCUT2D eigenvalue weighted by molar-refractivity contribution is -0.179. The van der Waals surface area contributed by atoms with Crippen LogP contribution in [0.15, 0.2) is 60.7 Å². The second-order valence-electron chi connectivity index (χ2n) is 9.91. The summed E-state index contributed by atoms with van der Waals surface area (Å²) in [6.45, 7) is 10.4. The number of carbonyl (C=O) groups excluding carboxylic acids is 1. The van der Waals surface area contributed by atoms with Gasteiger partial charge in [-0.1, -0.05) is 81.4 Å². The Morgan fingerprint density at radius 1 is 0.933 bits per heavy atom. The molecule has 5 nitrogen and oxygen atoms in total. The number of benzene rings is 2. The van der Waals surface area contributed by atoms with Gasteiger partial charge in [-0.25, -0.2) is 4.79 Å². The van der Waals surface area contributed by atoms with E-state index in [-0.39, 0.29) is 17.1 Å². The van der Waals surface area contributed by atoms with E-state index < -0.39 is 31.9 Å². The third-order valence-electron chi connectivity index (χ3n) is 6.47. The average molecular weight is 425 g/mol. The molecule has 2 aromatic rings.